The molecule has 0 aromatic carbocycles. The van der Waals surface area contributed by atoms with Gasteiger partial charge in [0.1, 0.15) is 0 Å². The maximum atomic E-state index is 11.0. The monoisotopic (exact) mass is 552 g/mol. The molecule has 0 aromatic heterocycles. The van der Waals surface area contributed by atoms with Crippen LogP contribution in [0.1, 0.15) is 39.0 Å². The van der Waals surface area contributed by atoms with Gasteiger partial charge in [-0.15, -0.1) is 0 Å². The van der Waals surface area contributed by atoms with Crippen LogP contribution in [0.5, 0.6) is 0 Å². The summed E-state index contributed by atoms with van der Waals surface area (Å²) in [4.78, 5) is 22.1. The summed E-state index contributed by atoms with van der Waals surface area (Å²) in [5.41, 5.74) is 0.966. The molecule has 0 saturated carbocycles. The Bertz CT molecular complexity index is 628. The van der Waals surface area contributed by atoms with Crippen molar-refractivity contribution in [3.05, 3.63) is 12.2 Å². The van der Waals surface area contributed by atoms with Gasteiger partial charge in [0, 0.05) is 25.5 Å². The van der Waals surface area contributed by atoms with Gasteiger partial charge in [-0.3, -0.25) is 9.59 Å². The quantitative estimate of drug-likeness (QED) is 0.109. The van der Waals surface area contributed by atoms with Gasteiger partial charge in [0.05, 0.1) is 6.61 Å². The average Bonchev–Trinajstić information content (AvgIpc) is 2.57. The van der Waals surface area contributed by atoms with E-state index < -0.39 is 45.7 Å². The molecule has 0 rings (SSSR count). The van der Waals surface area contributed by atoms with Gasteiger partial charge in [-0.25, -0.2) is 0 Å². The molecule has 34 heavy (non-hydrogen) atoms. The van der Waals surface area contributed by atoms with Gasteiger partial charge in [0.25, 0.3) is 0 Å². The van der Waals surface area contributed by atoms with Gasteiger partial charge in [0.2, 0.25) is 0 Å². The van der Waals surface area contributed by atoms with Crippen LogP contribution in [0.4, 0.5) is 0 Å². The number of ether oxygens (including phenoxy) is 1. The topological polar surface area (TPSA) is 112 Å². The number of carbonyl (C=O) groups is 2. The first kappa shape index (κ1) is 33.4. The van der Waals surface area contributed by atoms with Crippen molar-refractivity contribution in [1.82, 2.24) is 0 Å². The Balaban J connectivity index is 5.78. The van der Waals surface area contributed by atoms with E-state index in [1.54, 1.807) is 0 Å². The Morgan fingerprint density at radius 2 is 1.18 bits per heavy atom. The highest BCUT2D eigenvalue weighted by Crippen LogP contribution is 2.33. The Hall–Kier alpha value is -0.612. The lowest BCUT2D eigenvalue weighted by molar-refractivity contribution is -0.138. The van der Waals surface area contributed by atoms with Gasteiger partial charge in [0.15, 0.2) is 25.0 Å². The normalized spacial score (nSPS) is 13.2. The summed E-state index contributed by atoms with van der Waals surface area (Å²) in [7, 11) is -9.80. The van der Waals surface area contributed by atoms with Crippen molar-refractivity contribution in [2.75, 3.05) is 13.2 Å². The fraction of sp³-hybridized carbons (Fsp3) is 0.818. The second-order valence-electron chi connectivity index (χ2n) is 11.2. The van der Waals surface area contributed by atoms with Crippen LogP contribution in [0.2, 0.25) is 64.0 Å². The maximum absolute atomic E-state index is 11.0. The van der Waals surface area contributed by atoms with Gasteiger partial charge in [-0.1, -0.05) is 12.2 Å². The smallest absolute Gasteiger partial charge is 0.469 e. The van der Waals surface area contributed by atoms with E-state index in [9.17, 15) is 9.59 Å². The molecule has 0 aromatic rings. The molecule has 0 amide bonds. The van der Waals surface area contributed by atoms with Crippen molar-refractivity contribution in [1.29, 1.82) is 0 Å². The summed E-state index contributed by atoms with van der Waals surface area (Å²) in [6.07, 6.45) is 2.09. The van der Waals surface area contributed by atoms with Crippen molar-refractivity contribution >= 4 is 45.7 Å². The van der Waals surface area contributed by atoms with E-state index in [0.717, 1.165) is 12.0 Å². The van der Waals surface area contributed by atoms with E-state index in [2.05, 4.69) is 52.4 Å². The number of hydrogen-bond donors (Lipinski definition) is 2. The summed E-state index contributed by atoms with van der Waals surface area (Å²) in [5, 5.41) is 18.1. The third-order valence-corrected chi connectivity index (χ3v) is 19.5. The molecular weight excluding hydrogens is 505 g/mol. The lowest BCUT2D eigenvalue weighted by atomic mass is 10.3. The Morgan fingerprint density at radius 3 is 1.53 bits per heavy atom. The van der Waals surface area contributed by atoms with E-state index in [1.807, 2.05) is 6.92 Å². The van der Waals surface area contributed by atoms with E-state index >= 15 is 0 Å². The predicted octanol–water partition coefficient (Wildman–Crippen LogP) is 5.93. The lowest BCUT2D eigenvalue weighted by Gasteiger charge is -2.44. The van der Waals surface area contributed by atoms with Crippen molar-refractivity contribution in [3.8, 4) is 0 Å². The van der Waals surface area contributed by atoms with Gasteiger partial charge in [-0.2, -0.15) is 0 Å². The summed E-state index contributed by atoms with van der Waals surface area (Å²) in [6, 6.07) is 2.04. The molecule has 200 valence electrons. The fourth-order valence-corrected chi connectivity index (χ4v) is 20.4. The van der Waals surface area contributed by atoms with Crippen LogP contribution in [0, 0.1) is 0 Å². The first-order valence-electron chi connectivity index (χ1n) is 12.1. The number of carboxylic acid groups (broad SMARTS) is 2. The van der Waals surface area contributed by atoms with Gasteiger partial charge >= 0.3 is 20.7 Å². The molecule has 12 heteroatoms. The molecule has 0 heterocycles. The third kappa shape index (κ3) is 17.8. The predicted molar refractivity (Wildman–Crippen MR) is 146 cm³/mol. The van der Waals surface area contributed by atoms with Crippen molar-refractivity contribution in [2.24, 2.45) is 0 Å². The number of aliphatic carboxylic acids is 2. The highest BCUT2D eigenvalue weighted by atomic mass is 28.5. The molecule has 0 unspecified atom stereocenters. The van der Waals surface area contributed by atoms with E-state index in [-0.39, 0.29) is 12.8 Å². The summed E-state index contributed by atoms with van der Waals surface area (Å²) in [5.74, 6) is -1.60. The number of hydrogen-bond acceptors (Lipinski definition) is 6. The molecule has 8 nitrogen and oxygen atoms in total. The van der Waals surface area contributed by atoms with Crippen LogP contribution in [0.15, 0.2) is 12.2 Å². The van der Waals surface area contributed by atoms with Crippen LogP contribution in [-0.4, -0.2) is 69.1 Å². The van der Waals surface area contributed by atoms with E-state index in [0.29, 0.717) is 44.2 Å². The maximum Gasteiger partial charge on any atom is 0.469 e. The third-order valence-electron chi connectivity index (χ3n) is 4.78. The average molecular weight is 553 g/mol. The van der Waals surface area contributed by atoms with Crippen molar-refractivity contribution < 1.29 is 36.9 Å². The van der Waals surface area contributed by atoms with Gasteiger partial charge < -0.3 is 27.3 Å². The number of carboxylic acids is 2. The molecule has 0 aliphatic carbocycles. The van der Waals surface area contributed by atoms with Crippen molar-refractivity contribution in [3.63, 3.8) is 0 Å². The Labute approximate surface area is 210 Å². The Kier molecular flexibility index (Phi) is 14.6. The molecule has 0 radical (unpaired) electrons. The molecule has 0 bridgehead atoms. The molecule has 0 aliphatic rings. The summed E-state index contributed by atoms with van der Waals surface area (Å²) in [6.45, 7) is 21.6. The second-order valence-corrected chi connectivity index (χ2v) is 27.8. The highest BCUT2D eigenvalue weighted by molar-refractivity contribution is 6.90. The van der Waals surface area contributed by atoms with Crippen LogP contribution in [0.25, 0.3) is 0 Å². The number of rotatable bonds is 20. The summed E-state index contributed by atoms with van der Waals surface area (Å²) >= 11 is 0. The minimum absolute atomic E-state index is 0.119. The standard InChI is InChI=1S/C22H48O8Si4/c1-20(2)19-27-15-12-18-34(28-31(3,4)5,29-32(6,7)16-10-13-21(23)24)30-33(8,9)17-11-14-22(25)26/h1,10-19H2,2-9H3,(H,23,24)(H,25,26). The van der Waals surface area contributed by atoms with E-state index in [4.69, 9.17) is 27.3 Å². The Morgan fingerprint density at radius 1 is 0.735 bits per heavy atom. The fourth-order valence-electron chi connectivity index (χ4n) is 3.59. The zero-order chi connectivity index (χ0) is 26.6. The van der Waals surface area contributed by atoms with Crippen LogP contribution >= 0.6 is 0 Å². The zero-order valence-electron chi connectivity index (χ0n) is 22.6. The first-order valence-corrected chi connectivity index (χ1v) is 23.7. The van der Waals surface area contributed by atoms with Crippen LogP contribution in [-0.2, 0) is 26.7 Å². The van der Waals surface area contributed by atoms with Crippen molar-refractivity contribution in [2.45, 2.75) is 103 Å². The molecule has 0 saturated heterocycles. The highest BCUT2D eigenvalue weighted by Gasteiger charge is 2.51. The summed E-state index contributed by atoms with van der Waals surface area (Å²) < 4.78 is 26.3. The molecule has 0 spiro atoms. The largest absolute Gasteiger partial charge is 0.481 e. The minimum Gasteiger partial charge on any atom is -0.481 e. The van der Waals surface area contributed by atoms with Crippen LogP contribution in [0.3, 0.4) is 0 Å². The van der Waals surface area contributed by atoms with E-state index in [1.165, 1.54) is 0 Å². The first-order chi connectivity index (χ1) is 15.4. The van der Waals surface area contributed by atoms with Gasteiger partial charge in [-0.05, 0) is 84.1 Å². The lowest BCUT2D eigenvalue weighted by Crippen LogP contribution is -2.61. The molecule has 0 aliphatic heterocycles. The SMILES string of the molecule is C=C(C)COCCC[Si](O[Si](C)(C)C)(O[Si](C)(C)CCCC(=O)O)O[Si](C)(C)CCCC(=O)O. The molecule has 2 N–H and O–H groups in total. The molecule has 0 fully saturated rings. The molecule has 0 atom stereocenters. The minimum atomic E-state index is -3.15. The van der Waals surface area contributed by atoms with Crippen LogP contribution < -0.4 is 0 Å². The molecular formula is C22H48O8Si4. The second kappa shape index (κ2) is 14.8. The zero-order valence-corrected chi connectivity index (χ0v) is 26.6.